The van der Waals surface area contributed by atoms with Gasteiger partial charge in [0.15, 0.2) is 10.1 Å². The number of carbonyl (C=O) groups excluding carboxylic acids is 2. The predicted octanol–water partition coefficient (Wildman–Crippen LogP) is 4.90. The molecule has 3 aromatic rings. The van der Waals surface area contributed by atoms with Crippen LogP contribution in [0.1, 0.15) is 28.4 Å². The van der Waals surface area contributed by atoms with Crippen LogP contribution in [0.2, 0.25) is 5.02 Å². The summed E-state index contributed by atoms with van der Waals surface area (Å²) in [5, 5.41) is 15.5. The smallest absolute Gasteiger partial charge is 0.216 e. The van der Waals surface area contributed by atoms with Gasteiger partial charge in [-0.05, 0) is 36.6 Å². The number of hydrogen-bond acceptors (Lipinski definition) is 7. The molecule has 0 bridgehead atoms. The quantitative estimate of drug-likeness (QED) is 0.349. The van der Waals surface area contributed by atoms with Gasteiger partial charge in [-0.25, -0.2) is 0 Å². The van der Waals surface area contributed by atoms with E-state index >= 15 is 0 Å². The number of carbonyl (C=O) groups is 2. The highest BCUT2D eigenvalue weighted by molar-refractivity contribution is 8.01. The molecule has 2 N–H and O–H groups in total. The second-order valence-corrected chi connectivity index (χ2v) is 9.21. The summed E-state index contributed by atoms with van der Waals surface area (Å²) in [6.45, 7) is 4.03. The molecular formula is C21H21ClN4O2S2. The van der Waals surface area contributed by atoms with Crippen LogP contribution in [0.3, 0.4) is 0 Å². The lowest BCUT2D eigenvalue weighted by Crippen LogP contribution is -2.22. The summed E-state index contributed by atoms with van der Waals surface area (Å²) in [5.41, 5.74) is 3.58. The fourth-order valence-electron chi connectivity index (χ4n) is 2.56. The second kappa shape index (κ2) is 10.6. The van der Waals surface area contributed by atoms with E-state index < -0.39 is 0 Å². The van der Waals surface area contributed by atoms with Crippen molar-refractivity contribution < 1.29 is 9.59 Å². The number of nitrogens with one attached hydrogen (secondary N) is 2. The van der Waals surface area contributed by atoms with E-state index in [0.29, 0.717) is 22.3 Å². The molecule has 0 aliphatic heterocycles. The van der Waals surface area contributed by atoms with Crippen LogP contribution < -0.4 is 10.6 Å². The zero-order chi connectivity index (χ0) is 21.5. The lowest BCUT2D eigenvalue weighted by molar-refractivity contribution is -0.118. The highest BCUT2D eigenvalue weighted by Gasteiger charge is 2.11. The molecule has 30 heavy (non-hydrogen) atoms. The summed E-state index contributed by atoms with van der Waals surface area (Å²) in [4.78, 5) is 23.4. The van der Waals surface area contributed by atoms with Gasteiger partial charge in [0.05, 0.1) is 5.75 Å². The van der Waals surface area contributed by atoms with Crippen LogP contribution in [0.25, 0.3) is 0 Å². The summed E-state index contributed by atoms with van der Waals surface area (Å²) in [5.74, 6) is 0.274. The number of anilines is 2. The van der Waals surface area contributed by atoms with Crippen LogP contribution in [0.5, 0.6) is 0 Å². The van der Waals surface area contributed by atoms with Gasteiger partial charge >= 0.3 is 0 Å². The first kappa shape index (κ1) is 22.3. The molecular weight excluding hydrogens is 440 g/mol. The molecule has 0 unspecified atom stereocenters. The number of aromatic nitrogens is 2. The highest BCUT2D eigenvalue weighted by atomic mass is 35.5. The van der Waals surface area contributed by atoms with Crippen molar-refractivity contribution in [2.45, 2.75) is 24.6 Å². The zero-order valence-electron chi connectivity index (χ0n) is 16.6. The Morgan fingerprint density at radius 1 is 1.13 bits per heavy atom. The Kier molecular flexibility index (Phi) is 7.84. The third-order valence-corrected chi connectivity index (χ3v) is 6.60. The molecule has 0 saturated heterocycles. The van der Waals surface area contributed by atoms with Gasteiger partial charge in [0.1, 0.15) is 0 Å². The van der Waals surface area contributed by atoms with Crippen LogP contribution >= 0.6 is 34.7 Å². The maximum absolute atomic E-state index is 12.4. The lowest BCUT2D eigenvalue weighted by Gasteiger charge is -2.04. The lowest BCUT2D eigenvalue weighted by atomic mass is 10.1. The van der Waals surface area contributed by atoms with E-state index in [1.165, 1.54) is 30.0 Å². The van der Waals surface area contributed by atoms with Crippen molar-refractivity contribution in [3.63, 3.8) is 0 Å². The molecule has 6 nitrogen and oxygen atoms in total. The van der Waals surface area contributed by atoms with Gasteiger partial charge in [-0.2, -0.15) is 0 Å². The average molecular weight is 461 g/mol. The first-order chi connectivity index (χ1) is 14.4. The summed E-state index contributed by atoms with van der Waals surface area (Å²) < 4.78 is 0.719. The maximum Gasteiger partial charge on any atom is 0.216 e. The Bertz CT molecular complexity index is 1040. The van der Waals surface area contributed by atoms with Gasteiger partial charge in [-0.15, -0.1) is 10.2 Å². The summed E-state index contributed by atoms with van der Waals surface area (Å²) in [6.07, 6.45) is 0.732. The molecule has 1 heterocycles. The monoisotopic (exact) mass is 460 g/mol. The van der Waals surface area contributed by atoms with E-state index in [-0.39, 0.29) is 17.4 Å². The molecule has 3 rings (SSSR count). The number of benzene rings is 2. The Balaban J connectivity index is 1.50. The number of hydrogen-bond donors (Lipinski definition) is 2. The van der Waals surface area contributed by atoms with Gasteiger partial charge in [0.2, 0.25) is 11.0 Å². The number of nitrogens with zero attached hydrogens (tertiary/aromatic N) is 2. The van der Waals surface area contributed by atoms with E-state index in [0.717, 1.165) is 27.6 Å². The molecule has 0 atom stereocenters. The Morgan fingerprint density at radius 3 is 2.60 bits per heavy atom. The van der Waals surface area contributed by atoms with Crippen molar-refractivity contribution in [3.05, 3.63) is 64.2 Å². The molecule has 1 amide bonds. The van der Waals surface area contributed by atoms with Crippen molar-refractivity contribution in [1.82, 2.24) is 15.5 Å². The standard InChI is InChI=1S/C21H21ClN4O2S2/c1-13-3-8-17(11-18(13)22)24-20-25-26-21(30-20)29-12-19(28)16-6-4-15(5-7-16)9-10-23-14(2)27/h3-8,11H,9-10,12H2,1-2H3,(H,23,27)(H,24,25). The van der Waals surface area contributed by atoms with Crippen molar-refractivity contribution in [3.8, 4) is 0 Å². The third-order valence-electron chi connectivity index (χ3n) is 4.22. The number of ketones is 1. The van der Waals surface area contributed by atoms with E-state index in [1.54, 1.807) is 0 Å². The fraction of sp³-hybridized carbons (Fsp3) is 0.238. The van der Waals surface area contributed by atoms with Crippen LogP contribution in [-0.4, -0.2) is 34.2 Å². The Hall–Kier alpha value is -2.42. The van der Waals surface area contributed by atoms with E-state index in [4.69, 9.17) is 11.6 Å². The van der Waals surface area contributed by atoms with Gasteiger partial charge in [0.25, 0.3) is 0 Å². The summed E-state index contributed by atoms with van der Waals surface area (Å²) in [7, 11) is 0. The van der Waals surface area contributed by atoms with Gasteiger partial charge in [0, 0.05) is 29.7 Å². The topological polar surface area (TPSA) is 84.0 Å². The van der Waals surface area contributed by atoms with Gasteiger partial charge in [-0.1, -0.05) is 65.0 Å². The van der Waals surface area contributed by atoms with Gasteiger partial charge < -0.3 is 10.6 Å². The second-order valence-electron chi connectivity index (χ2n) is 6.60. The Labute approximate surface area is 188 Å². The number of amides is 1. The minimum atomic E-state index is -0.0449. The zero-order valence-corrected chi connectivity index (χ0v) is 19.0. The third kappa shape index (κ3) is 6.55. The minimum Gasteiger partial charge on any atom is -0.356 e. The Morgan fingerprint density at radius 2 is 1.90 bits per heavy atom. The molecule has 156 valence electrons. The molecule has 0 saturated carbocycles. The van der Waals surface area contributed by atoms with Crippen molar-refractivity contribution >= 4 is 57.2 Å². The molecule has 0 radical (unpaired) electrons. The van der Waals surface area contributed by atoms with E-state index in [1.807, 2.05) is 49.4 Å². The van der Waals surface area contributed by atoms with Crippen LogP contribution in [0, 0.1) is 6.92 Å². The molecule has 0 fully saturated rings. The molecule has 9 heteroatoms. The number of rotatable bonds is 9. The SMILES string of the molecule is CC(=O)NCCc1ccc(C(=O)CSc2nnc(Nc3ccc(C)c(Cl)c3)s2)cc1. The first-order valence-corrected chi connectivity index (χ1v) is 11.4. The van der Waals surface area contributed by atoms with E-state index in [9.17, 15) is 9.59 Å². The van der Waals surface area contributed by atoms with Crippen molar-refractivity contribution in [2.24, 2.45) is 0 Å². The average Bonchev–Trinajstić information content (AvgIpc) is 3.16. The molecule has 1 aromatic heterocycles. The summed E-state index contributed by atoms with van der Waals surface area (Å²) in [6, 6.07) is 13.2. The number of thioether (sulfide) groups is 1. The van der Waals surface area contributed by atoms with E-state index in [2.05, 4.69) is 20.8 Å². The number of halogens is 1. The molecule has 0 spiro atoms. The van der Waals surface area contributed by atoms with Crippen LogP contribution in [-0.2, 0) is 11.2 Å². The van der Waals surface area contributed by atoms with Gasteiger partial charge in [-0.3, -0.25) is 9.59 Å². The molecule has 0 aliphatic rings. The number of Topliss-reactive ketones (excluding diaryl/α,β-unsaturated/α-hetero) is 1. The molecule has 2 aromatic carbocycles. The maximum atomic E-state index is 12.4. The highest BCUT2D eigenvalue weighted by Crippen LogP contribution is 2.29. The normalized spacial score (nSPS) is 10.6. The summed E-state index contributed by atoms with van der Waals surface area (Å²) >= 11 is 8.90. The van der Waals surface area contributed by atoms with Crippen LogP contribution in [0.15, 0.2) is 46.8 Å². The molecule has 0 aliphatic carbocycles. The number of aryl methyl sites for hydroxylation is 1. The van der Waals surface area contributed by atoms with Crippen molar-refractivity contribution in [1.29, 1.82) is 0 Å². The largest absolute Gasteiger partial charge is 0.356 e. The van der Waals surface area contributed by atoms with Crippen LogP contribution in [0.4, 0.5) is 10.8 Å². The first-order valence-electron chi connectivity index (χ1n) is 9.27. The minimum absolute atomic E-state index is 0.0310. The van der Waals surface area contributed by atoms with Crippen molar-refractivity contribution in [2.75, 3.05) is 17.6 Å². The fourth-order valence-corrected chi connectivity index (χ4v) is 4.41. The predicted molar refractivity (Wildman–Crippen MR) is 123 cm³/mol.